The molecule has 2 aromatic heterocycles. The maximum atomic E-state index is 13.0. The fourth-order valence-corrected chi connectivity index (χ4v) is 1.74. The molecule has 78 valence electrons. The topological polar surface area (TPSA) is 43.6 Å². The summed E-state index contributed by atoms with van der Waals surface area (Å²) in [6, 6.07) is 1.28. The molecule has 0 spiro atoms. The Morgan fingerprint density at radius 2 is 2.33 bits per heavy atom. The average molecular weight is 273 g/mol. The third-order valence-corrected chi connectivity index (χ3v) is 2.45. The van der Waals surface area contributed by atoms with Crippen molar-refractivity contribution in [2.75, 3.05) is 7.11 Å². The van der Waals surface area contributed by atoms with Gasteiger partial charge in [-0.1, -0.05) is 0 Å². The van der Waals surface area contributed by atoms with Gasteiger partial charge in [-0.25, -0.2) is 14.2 Å². The van der Waals surface area contributed by atoms with Gasteiger partial charge in [-0.05, 0) is 22.0 Å². The van der Waals surface area contributed by atoms with Gasteiger partial charge in [-0.3, -0.25) is 0 Å². The van der Waals surface area contributed by atoms with Gasteiger partial charge in [0.05, 0.1) is 11.6 Å². The summed E-state index contributed by atoms with van der Waals surface area (Å²) in [5.74, 6) is -0.964. The Balaban J connectivity index is 2.65. The van der Waals surface area contributed by atoms with Crippen LogP contribution < -0.4 is 0 Å². The first-order valence-corrected chi connectivity index (χ1v) is 4.83. The molecule has 4 nitrogen and oxygen atoms in total. The fraction of sp³-hybridized carbons (Fsp3) is 0.111. The molecule has 15 heavy (non-hydrogen) atoms. The molecule has 0 bridgehead atoms. The number of fused-ring (bicyclic) bond motifs is 1. The Bertz CT molecular complexity index is 538. The number of rotatable bonds is 1. The number of carbonyl (C=O) groups is 1. The fourth-order valence-electron chi connectivity index (χ4n) is 1.23. The second-order valence-electron chi connectivity index (χ2n) is 2.85. The molecule has 0 amide bonds. The highest BCUT2D eigenvalue weighted by molar-refractivity contribution is 9.10. The SMILES string of the molecule is COC(=O)c1cn2cc(F)cc(Br)c2n1. The molecule has 0 fully saturated rings. The van der Waals surface area contributed by atoms with Crippen LogP contribution in [0.15, 0.2) is 22.9 Å². The molecule has 0 saturated carbocycles. The molecule has 0 atom stereocenters. The lowest BCUT2D eigenvalue weighted by Crippen LogP contribution is -2.00. The minimum absolute atomic E-state index is 0.142. The molecule has 0 aliphatic carbocycles. The van der Waals surface area contributed by atoms with Gasteiger partial charge in [-0.15, -0.1) is 0 Å². The zero-order valence-corrected chi connectivity index (χ0v) is 9.28. The standard InChI is InChI=1S/C9H6BrFN2O2/c1-15-9(14)7-4-13-3-5(11)2-6(10)8(13)12-7/h2-4H,1H3. The van der Waals surface area contributed by atoms with Crippen LogP contribution in [-0.2, 0) is 4.74 Å². The van der Waals surface area contributed by atoms with Crippen LogP contribution in [0, 0.1) is 5.82 Å². The summed E-state index contributed by atoms with van der Waals surface area (Å²) in [5, 5.41) is 0. The van der Waals surface area contributed by atoms with Crippen molar-refractivity contribution in [2.45, 2.75) is 0 Å². The van der Waals surface area contributed by atoms with Crippen LogP contribution in [0.3, 0.4) is 0 Å². The number of hydrogen-bond acceptors (Lipinski definition) is 3. The van der Waals surface area contributed by atoms with E-state index >= 15 is 0 Å². The molecule has 2 rings (SSSR count). The molecule has 0 N–H and O–H groups in total. The van der Waals surface area contributed by atoms with Crippen LogP contribution in [0.1, 0.15) is 10.5 Å². The van der Waals surface area contributed by atoms with Crippen molar-refractivity contribution >= 4 is 27.5 Å². The lowest BCUT2D eigenvalue weighted by atomic mass is 10.4. The molecule has 2 aromatic rings. The van der Waals surface area contributed by atoms with Crippen molar-refractivity contribution in [1.82, 2.24) is 9.38 Å². The maximum absolute atomic E-state index is 13.0. The zero-order valence-electron chi connectivity index (χ0n) is 7.70. The van der Waals surface area contributed by atoms with Crippen molar-refractivity contribution < 1.29 is 13.9 Å². The van der Waals surface area contributed by atoms with Crippen LogP contribution in [0.25, 0.3) is 5.65 Å². The summed E-state index contributed by atoms with van der Waals surface area (Å²) in [5.41, 5.74) is 0.612. The quantitative estimate of drug-likeness (QED) is 0.746. The number of halogens is 2. The van der Waals surface area contributed by atoms with E-state index in [2.05, 4.69) is 25.7 Å². The minimum atomic E-state index is -0.550. The normalized spacial score (nSPS) is 10.6. The van der Waals surface area contributed by atoms with Gasteiger partial charge >= 0.3 is 5.97 Å². The number of ether oxygens (including phenoxy) is 1. The molecule has 0 aromatic carbocycles. The maximum Gasteiger partial charge on any atom is 0.358 e. The predicted octanol–water partition coefficient (Wildman–Crippen LogP) is 2.02. The highest BCUT2D eigenvalue weighted by Crippen LogP contribution is 2.19. The molecular formula is C9H6BrFN2O2. The molecule has 6 heteroatoms. The van der Waals surface area contributed by atoms with E-state index in [9.17, 15) is 9.18 Å². The van der Waals surface area contributed by atoms with E-state index in [0.29, 0.717) is 10.1 Å². The third-order valence-electron chi connectivity index (χ3n) is 1.87. The molecule has 2 heterocycles. The number of esters is 1. The Morgan fingerprint density at radius 3 is 3.00 bits per heavy atom. The zero-order chi connectivity index (χ0) is 11.0. The summed E-state index contributed by atoms with van der Waals surface area (Å²) >= 11 is 3.16. The van der Waals surface area contributed by atoms with Gasteiger partial charge in [0.25, 0.3) is 0 Å². The first kappa shape index (κ1) is 10.1. The predicted molar refractivity (Wildman–Crippen MR) is 54.2 cm³/mol. The Hall–Kier alpha value is -1.43. The van der Waals surface area contributed by atoms with Crippen LogP contribution in [0.4, 0.5) is 4.39 Å². The molecule has 0 aliphatic heterocycles. The van der Waals surface area contributed by atoms with Gasteiger partial charge in [-0.2, -0.15) is 0 Å². The summed E-state index contributed by atoms with van der Waals surface area (Å²) in [6.45, 7) is 0. The second-order valence-corrected chi connectivity index (χ2v) is 3.71. The smallest absolute Gasteiger partial charge is 0.358 e. The first-order valence-electron chi connectivity index (χ1n) is 4.04. The monoisotopic (exact) mass is 272 g/mol. The van der Waals surface area contributed by atoms with Crippen molar-refractivity contribution in [3.05, 3.63) is 34.4 Å². The molecule has 0 saturated heterocycles. The molecular weight excluding hydrogens is 267 g/mol. The van der Waals surface area contributed by atoms with Crippen LogP contribution in [0.2, 0.25) is 0 Å². The molecule has 0 unspecified atom stereocenters. The second kappa shape index (κ2) is 3.62. The van der Waals surface area contributed by atoms with E-state index in [1.807, 2.05) is 0 Å². The number of methoxy groups -OCH3 is 1. The lowest BCUT2D eigenvalue weighted by molar-refractivity contribution is 0.0595. The Kier molecular flexibility index (Phi) is 2.44. The summed E-state index contributed by atoms with van der Waals surface area (Å²) in [4.78, 5) is 15.2. The summed E-state index contributed by atoms with van der Waals surface area (Å²) in [6.07, 6.45) is 2.65. The molecule has 0 radical (unpaired) electrons. The van der Waals surface area contributed by atoms with Crippen LogP contribution in [-0.4, -0.2) is 22.5 Å². The van der Waals surface area contributed by atoms with Gasteiger partial charge in [0, 0.05) is 12.4 Å². The summed E-state index contributed by atoms with van der Waals surface area (Å²) in [7, 11) is 1.27. The van der Waals surface area contributed by atoms with E-state index in [1.165, 1.54) is 30.0 Å². The minimum Gasteiger partial charge on any atom is -0.464 e. The lowest BCUT2D eigenvalue weighted by Gasteiger charge is -1.95. The third kappa shape index (κ3) is 1.72. The Labute approximate surface area is 92.8 Å². The van der Waals surface area contributed by atoms with E-state index in [0.717, 1.165) is 0 Å². The molecule has 0 aliphatic rings. The van der Waals surface area contributed by atoms with Crippen molar-refractivity contribution in [3.63, 3.8) is 0 Å². The van der Waals surface area contributed by atoms with Gasteiger partial charge < -0.3 is 9.14 Å². The highest BCUT2D eigenvalue weighted by Gasteiger charge is 2.12. The number of hydrogen-bond donors (Lipinski definition) is 0. The number of carbonyl (C=O) groups excluding carboxylic acids is 1. The van der Waals surface area contributed by atoms with Crippen LogP contribution >= 0.6 is 15.9 Å². The van der Waals surface area contributed by atoms with Crippen molar-refractivity contribution in [3.8, 4) is 0 Å². The van der Waals surface area contributed by atoms with E-state index in [1.54, 1.807) is 0 Å². The summed E-state index contributed by atoms with van der Waals surface area (Å²) < 4.78 is 19.4. The van der Waals surface area contributed by atoms with Crippen molar-refractivity contribution in [1.29, 1.82) is 0 Å². The number of imidazole rings is 1. The average Bonchev–Trinajstić information content (AvgIpc) is 2.60. The number of pyridine rings is 1. The van der Waals surface area contributed by atoms with Crippen molar-refractivity contribution in [2.24, 2.45) is 0 Å². The van der Waals surface area contributed by atoms with Crippen LogP contribution in [0.5, 0.6) is 0 Å². The number of nitrogens with zero attached hydrogens (tertiary/aromatic N) is 2. The number of aromatic nitrogens is 2. The van der Waals surface area contributed by atoms with E-state index in [-0.39, 0.29) is 5.69 Å². The van der Waals surface area contributed by atoms with Gasteiger partial charge in [0.15, 0.2) is 11.3 Å². The van der Waals surface area contributed by atoms with E-state index in [4.69, 9.17) is 0 Å². The Morgan fingerprint density at radius 1 is 1.60 bits per heavy atom. The largest absolute Gasteiger partial charge is 0.464 e. The van der Waals surface area contributed by atoms with Gasteiger partial charge in [0.2, 0.25) is 0 Å². The first-order chi connectivity index (χ1) is 7.11. The van der Waals surface area contributed by atoms with Gasteiger partial charge in [0.1, 0.15) is 5.82 Å². The van der Waals surface area contributed by atoms with E-state index < -0.39 is 11.8 Å². The highest BCUT2D eigenvalue weighted by atomic mass is 79.9.